The molecule has 0 aromatic heterocycles. The van der Waals surface area contributed by atoms with Crippen molar-refractivity contribution in [1.29, 1.82) is 0 Å². The summed E-state index contributed by atoms with van der Waals surface area (Å²) in [5, 5.41) is 0. The van der Waals surface area contributed by atoms with E-state index in [-0.39, 0.29) is 31.4 Å². The van der Waals surface area contributed by atoms with E-state index in [0.717, 1.165) is 4.31 Å². The van der Waals surface area contributed by atoms with Crippen LogP contribution in [0.1, 0.15) is 20.8 Å². The molecule has 0 saturated heterocycles. The van der Waals surface area contributed by atoms with Gasteiger partial charge in [0.15, 0.2) is 10.3 Å². The van der Waals surface area contributed by atoms with E-state index < -0.39 is 10.3 Å². The van der Waals surface area contributed by atoms with Gasteiger partial charge >= 0.3 is 18.9 Å². The predicted octanol–water partition coefficient (Wildman–Crippen LogP) is -2.82. The summed E-state index contributed by atoms with van der Waals surface area (Å²) >= 11 is 0. The van der Waals surface area contributed by atoms with Crippen molar-refractivity contribution in [3.05, 3.63) is 0 Å². The Morgan fingerprint density at radius 2 is 1.82 bits per heavy atom. The molecule has 0 spiro atoms. The topological polar surface area (TPSA) is 60.4 Å². The van der Waals surface area contributed by atoms with Crippen LogP contribution in [-0.4, -0.2) is 29.9 Å². The molecule has 0 fully saturated rings. The number of hydrogen-bond acceptors (Lipinski definition) is 3. The van der Waals surface area contributed by atoms with Crippen LogP contribution in [0.4, 0.5) is 0 Å². The van der Waals surface area contributed by atoms with E-state index in [4.69, 9.17) is 0 Å². The second-order valence-electron chi connectivity index (χ2n) is 2.25. The van der Waals surface area contributed by atoms with Gasteiger partial charge in [-0.2, -0.15) is 0 Å². The van der Waals surface area contributed by atoms with Crippen LogP contribution < -0.4 is 18.9 Å². The third-order valence-electron chi connectivity index (χ3n) is 1.17. The average molecular weight is 173 g/mol. The molecule has 0 atom stereocenters. The van der Waals surface area contributed by atoms with Crippen molar-refractivity contribution in [2.75, 3.05) is 6.54 Å². The third kappa shape index (κ3) is 4.83. The Bertz CT molecular complexity index is 190. The molecule has 4 nitrogen and oxygen atoms in total. The van der Waals surface area contributed by atoms with Gasteiger partial charge in [-0.1, -0.05) is 6.92 Å². The Morgan fingerprint density at radius 1 is 1.45 bits per heavy atom. The van der Waals surface area contributed by atoms with Crippen LogP contribution in [0.25, 0.3) is 0 Å². The molecule has 0 aliphatic carbocycles. The second kappa shape index (κ2) is 5.17. The Balaban J connectivity index is 0. The van der Waals surface area contributed by atoms with Gasteiger partial charge in [0.25, 0.3) is 0 Å². The molecule has 0 heterocycles. The monoisotopic (exact) mass is 173 g/mol. The fraction of sp³-hybridized carbons (Fsp3) is 1.00. The zero-order valence-corrected chi connectivity index (χ0v) is 8.18. The van der Waals surface area contributed by atoms with Crippen LogP contribution in [0.15, 0.2) is 0 Å². The van der Waals surface area contributed by atoms with Crippen molar-refractivity contribution in [2.45, 2.75) is 26.8 Å². The fourth-order valence-electron chi connectivity index (χ4n) is 0.781. The first-order valence-corrected chi connectivity index (χ1v) is 4.48. The maximum atomic E-state index is 10.4. The van der Waals surface area contributed by atoms with E-state index in [1.165, 1.54) is 0 Å². The summed E-state index contributed by atoms with van der Waals surface area (Å²) in [6.07, 6.45) is 0. The second-order valence-corrected chi connectivity index (χ2v) is 3.58. The first kappa shape index (κ1) is 14.0. The van der Waals surface area contributed by atoms with Gasteiger partial charge in [0.1, 0.15) is 0 Å². The minimum Gasteiger partial charge on any atom is -0.735 e. The zero-order valence-electron chi connectivity index (χ0n) is 7.36. The van der Waals surface area contributed by atoms with Crippen LogP contribution >= 0.6 is 0 Å². The Hall–Kier alpha value is 0.467. The molecule has 62 valence electrons. The molecular weight excluding hydrogens is 161 g/mol. The molecule has 0 aliphatic rings. The molecule has 0 unspecified atom stereocenters. The normalized spacial score (nSPS) is 11.8. The number of nitrogens with zero attached hydrogens (tertiary/aromatic N) is 1. The minimum atomic E-state index is -4.23. The summed E-state index contributed by atoms with van der Waals surface area (Å²) in [7, 11) is -4.23. The molecule has 0 saturated carbocycles. The molecule has 0 rings (SSSR count). The Morgan fingerprint density at radius 3 is 1.82 bits per heavy atom. The average Bonchev–Trinajstić information content (AvgIpc) is 1.60. The van der Waals surface area contributed by atoms with Crippen LogP contribution in [0, 0.1) is 0 Å². The Kier molecular flexibility index (Phi) is 6.59. The van der Waals surface area contributed by atoms with Gasteiger partial charge < -0.3 is 4.55 Å². The van der Waals surface area contributed by atoms with E-state index in [1.54, 1.807) is 20.8 Å². The first-order chi connectivity index (χ1) is 4.39. The molecular formula is C5H12LiNO3S. The molecule has 0 amide bonds. The number of hydrogen-bond donors (Lipinski definition) is 0. The van der Waals surface area contributed by atoms with Gasteiger partial charge in [0, 0.05) is 12.6 Å². The minimum absolute atomic E-state index is 0. The van der Waals surface area contributed by atoms with Crippen molar-refractivity contribution >= 4 is 10.3 Å². The fourth-order valence-corrected chi connectivity index (χ4v) is 1.61. The van der Waals surface area contributed by atoms with Crippen molar-refractivity contribution in [3.63, 3.8) is 0 Å². The van der Waals surface area contributed by atoms with Gasteiger partial charge in [0.2, 0.25) is 0 Å². The molecule has 0 aliphatic heterocycles. The molecule has 11 heavy (non-hydrogen) atoms. The quantitative estimate of drug-likeness (QED) is 0.341. The summed E-state index contributed by atoms with van der Waals surface area (Å²) in [6, 6.07) is -0.243. The maximum Gasteiger partial charge on any atom is 1.00 e. The summed E-state index contributed by atoms with van der Waals surface area (Å²) in [6.45, 7) is 5.21. The Labute approximate surface area is 80.0 Å². The molecule has 0 N–H and O–H groups in total. The third-order valence-corrected chi connectivity index (χ3v) is 2.43. The van der Waals surface area contributed by atoms with E-state index in [1.807, 2.05) is 0 Å². The largest absolute Gasteiger partial charge is 1.00 e. The molecule has 0 bridgehead atoms. The van der Waals surface area contributed by atoms with Gasteiger partial charge in [0.05, 0.1) is 0 Å². The molecule has 6 heteroatoms. The smallest absolute Gasteiger partial charge is 0.735 e. The molecule has 0 aromatic rings. The van der Waals surface area contributed by atoms with E-state index in [9.17, 15) is 13.0 Å². The van der Waals surface area contributed by atoms with E-state index in [0.29, 0.717) is 0 Å². The van der Waals surface area contributed by atoms with Crippen molar-refractivity contribution in [3.8, 4) is 0 Å². The first-order valence-electron chi connectivity index (χ1n) is 3.12. The van der Waals surface area contributed by atoms with Gasteiger partial charge in [-0.05, 0) is 13.8 Å². The van der Waals surface area contributed by atoms with Crippen LogP contribution in [-0.2, 0) is 10.3 Å². The SMILES string of the molecule is CCN(C(C)C)S(=O)(=O)[O-].[Li+]. The zero-order chi connectivity index (χ0) is 8.36. The predicted molar refractivity (Wildman–Crippen MR) is 37.2 cm³/mol. The van der Waals surface area contributed by atoms with Crippen molar-refractivity contribution in [1.82, 2.24) is 4.31 Å². The van der Waals surface area contributed by atoms with Crippen LogP contribution in [0.5, 0.6) is 0 Å². The summed E-state index contributed by atoms with van der Waals surface area (Å²) in [5.41, 5.74) is 0. The molecule has 0 radical (unpaired) electrons. The van der Waals surface area contributed by atoms with Gasteiger partial charge in [-0.25, -0.2) is 12.7 Å². The van der Waals surface area contributed by atoms with E-state index in [2.05, 4.69) is 0 Å². The maximum absolute atomic E-state index is 10.4. The van der Waals surface area contributed by atoms with Gasteiger partial charge in [-0.15, -0.1) is 0 Å². The van der Waals surface area contributed by atoms with Crippen LogP contribution in [0.3, 0.4) is 0 Å². The van der Waals surface area contributed by atoms with Crippen LogP contribution in [0.2, 0.25) is 0 Å². The van der Waals surface area contributed by atoms with Crippen molar-refractivity contribution < 1.29 is 31.8 Å². The van der Waals surface area contributed by atoms with E-state index >= 15 is 0 Å². The summed E-state index contributed by atoms with van der Waals surface area (Å²) in [4.78, 5) is 0. The van der Waals surface area contributed by atoms with Crippen molar-refractivity contribution in [2.24, 2.45) is 0 Å². The molecule has 0 aromatic carbocycles. The standard InChI is InChI=1S/C5H13NO3S.Li/c1-4-6(5(2)3)10(7,8)9;/h5H,4H2,1-3H3,(H,7,8,9);/q;+1/p-1. The summed E-state index contributed by atoms with van der Waals surface area (Å²) in [5.74, 6) is 0. The summed E-state index contributed by atoms with van der Waals surface area (Å²) < 4.78 is 32.0. The number of rotatable bonds is 3. The van der Waals surface area contributed by atoms with Gasteiger partial charge in [-0.3, -0.25) is 0 Å².